The number of aliphatic hydroxyl groups is 2. The van der Waals surface area contributed by atoms with Gasteiger partial charge in [-0.1, -0.05) is 37.6 Å². The van der Waals surface area contributed by atoms with Gasteiger partial charge in [0.1, 0.15) is 29.8 Å². The van der Waals surface area contributed by atoms with Gasteiger partial charge in [-0.15, -0.1) is 6.42 Å². The second-order valence-corrected chi connectivity index (χ2v) is 10.5. The van der Waals surface area contributed by atoms with Gasteiger partial charge >= 0.3 is 13.7 Å². The molecule has 0 spiro atoms. The Kier molecular flexibility index (Phi) is 9.38. The fraction of sp³-hybridized carbons (Fsp3) is 0.440. The summed E-state index contributed by atoms with van der Waals surface area (Å²) >= 11 is 0. The van der Waals surface area contributed by atoms with Gasteiger partial charge in [0.2, 0.25) is 0 Å². The summed E-state index contributed by atoms with van der Waals surface area (Å²) in [7, 11) is -4.28. The van der Waals surface area contributed by atoms with E-state index in [1.807, 2.05) is 6.92 Å². The van der Waals surface area contributed by atoms with Gasteiger partial charge in [0.25, 0.3) is 5.91 Å². The summed E-state index contributed by atoms with van der Waals surface area (Å²) in [4.78, 5) is 25.3. The lowest BCUT2D eigenvalue weighted by Gasteiger charge is -2.36. The van der Waals surface area contributed by atoms with Gasteiger partial charge < -0.3 is 34.4 Å². The fourth-order valence-corrected chi connectivity index (χ4v) is 5.10. The van der Waals surface area contributed by atoms with E-state index in [0.29, 0.717) is 6.42 Å². The Morgan fingerprint density at radius 2 is 2.08 bits per heavy atom. The zero-order valence-electron chi connectivity index (χ0n) is 21.3. The van der Waals surface area contributed by atoms with Gasteiger partial charge in [-0.2, -0.15) is 5.09 Å². The van der Waals surface area contributed by atoms with Crippen LogP contribution in [0.1, 0.15) is 27.2 Å². The maximum absolute atomic E-state index is 13.7. The van der Waals surface area contributed by atoms with Gasteiger partial charge in [-0.05, 0) is 32.4 Å². The molecule has 13 heteroatoms. The molecule has 0 saturated carbocycles. The molecule has 2 aliphatic rings. The number of rotatable bonds is 11. The van der Waals surface area contributed by atoms with E-state index < -0.39 is 56.3 Å². The van der Waals surface area contributed by atoms with Crippen molar-refractivity contribution in [1.29, 1.82) is 0 Å². The summed E-state index contributed by atoms with van der Waals surface area (Å²) in [6.45, 7) is 8.14. The van der Waals surface area contributed by atoms with Crippen LogP contribution in [0.15, 0.2) is 55.0 Å². The average molecular weight is 550 g/mol. The summed E-state index contributed by atoms with van der Waals surface area (Å²) in [6, 6.07) is 7.02. The minimum absolute atomic E-state index is 0.0540. The number of esters is 1. The van der Waals surface area contributed by atoms with Crippen molar-refractivity contribution in [1.82, 2.24) is 15.3 Å². The number of amides is 1. The normalized spacial score (nSPS) is 28.1. The van der Waals surface area contributed by atoms with Crippen molar-refractivity contribution in [3.8, 4) is 18.1 Å². The number of aliphatic hydroxyl groups excluding tert-OH is 1. The van der Waals surface area contributed by atoms with Gasteiger partial charge in [-0.25, -0.2) is 4.57 Å². The number of ether oxygens (including phenoxy) is 2. The van der Waals surface area contributed by atoms with E-state index in [9.17, 15) is 24.4 Å². The molecule has 7 atom stereocenters. The van der Waals surface area contributed by atoms with E-state index in [1.165, 1.54) is 30.2 Å². The third-order valence-electron chi connectivity index (χ3n) is 5.91. The van der Waals surface area contributed by atoms with Crippen molar-refractivity contribution >= 4 is 19.6 Å². The summed E-state index contributed by atoms with van der Waals surface area (Å²) in [5, 5.41) is 26.9. The summed E-state index contributed by atoms with van der Waals surface area (Å²) < 4.78 is 36.0. The van der Waals surface area contributed by atoms with E-state index in [2.05, 4.69) is 22.9 Å². The monoisotopic (exact) mass is 549 g/mol. The largest absolute Gasteiger partial charge is 0.462 e. The van der Waals surface area contributed by atoms with Gasteiger partial charge in [0.05, 0.1) is 12.7 Å². The van der Waals surface area contributed by atoms with Crippen LogP contribution in [0.25, 0.3) is 0 Å². The Balaban J connectivity index is 1.79. The van der Waals surface area contributed by atoms with Gasteiger partial charge in [0, 0.05) is 12.3 Å². The van der Waals surface area contributed by atoms with Crippen LogP contribution in [-0.2, 0) is 28.2 Å². The molecule has 1 saturated heterocycles. The molecular formula is C25H32N3O9P. The zero-order chi connectivity index (χ0) is 28.1. The van der Waals surface area contributed by atoms with E-state index in [0.717, 1.165) is 6.08 Å². The molecule has 0 bridgehead atoms. The van der Waals surface area contributed by atoms with Crippen molar-refractivity contribution < 1.29 is 42.9 Å². The van der Waals surface area contributed by atoms with Crippen molar-refractivity contribution in [3.63, 3.8) is 0 Å². The fourth-order valence-electron chi connectivity index (χ4n) is 3.60. The van der Waals surface area contributed by atoms with Crippen LogP contribution >= 0.6 is 7.75 Å². The maximum atomic E-state index is 13.7. The molecule has 3 rings (SSSR count). The van der Waals surface area contributed by atoms with Crippen molar-refractivity contribution in [2.24, 2.45) is 0 Å². The Bertz CT molecular complexity index is 1150. The van der Waals surface area contributed by atoms with Gasteiger partial charge in [0.15, 0.2) is 11.8 Å². The highest BCUT2D eigenvalue weighted by Crippen LogP contribution is 2.46. The van der Waals surface area contributed by atoms with E-state index in [1.54, 1.807) is 25.1 Å². The van der Waals surface area contributed by atoms with E-state index in [4.69, 9.17) is 24.9 Å². The summed E-state index contributed by atoms with van der Waals surface area (Å²) in [5.74, 6) is 1.25. The molecule has 1 aromatic rings. The number of carbonyl (C=O) groups is 2. The lowest BCUT2D eigenvalue weighted by molar-refractivity contribution is -0.150. The van der Waals surface area contributed by atoms with Crippen LogP contribution in [0, 0.1) is 12.3 Å². The van der Waals surface area contributed by atoms with Crippen LogP contribution in [0.4, 0.5) is 0 Å². The third kappa shape index (κ3) is 6.63. The molecule has 1 unspecified atom stereocenters. The average Bonchev–Trinajstić information content (AvgIpc) is 3.13. The predicted molar refractivity (Wildman–Crippen MR) is 136 cm³/mol. The minimum Gasteiger partial charge on any atom is -0.462 e. The number of nitrogens with zero attached hydrogens (tertiary/aromatic N) is 1. The standard InChI is InChI=1S/C25H32N3O9P/c1-6-16(3)35-23(31)17(4)27-38(33,37-19-11-9-8-10-12-19)34-15-20-22(30)25(32,7-2)24(36-20)28-14-13-21(29)26-18(28)5/h2,8-14,16-17,20,22,24,30,32H,5-6,15H2,1,3-4H3,(H,26,29)(H,27,33)/t16-,17+,20-,22-,24-,25-,38?/m1/s1. The molecule has 0 aliphatic carbocycles. The van der Waals surface area contributed by atoms with Crippen LogP contribution < -0.4 is 14.9 Å². The number of hydrogen-bond acceptors (Lipinski definition) is 10. The molecular weight excluding hydrogens is 517 g/mol. The second-order valence-electron chi connectivity index (χ2n) is 8.80. The summed E-state index contributed by atoms with van der Waals surface area (Å²) in [5.41, 5.74) is -2.26. The Hall–Kier alpha value is -3.17. The Labute approximate surface area is 221 Å². The second kappa shape index (κ2) is 12.1. The smallest absolute Gasteiger partial charge is 0.459 e. The lowest BCUT2D eigenvalue weighted by atomic mass is 9.94. The van der Waals surface area contributed by atoms with Gasteiger partial charge in [-0.3, -0.25) is 14.1 Å². The van der Waals surface area contributed by atoms with Crippen molar-refractivity contribution in [2.45, 2.75) is 63.4 Å². The molecule has 38 heavy (non-hydrogen) atoms. The Morgan fingerprint density at radius 1 is 1.39 bits per heavy atom. The molecule has 2 aliphatic heterocycles. The first-order chi connectivity index (χ1) is 17.9. The first-order valence-electron chi connectivity index (χ1n) is 11.9. The van der Waals surface area contributed by atoms with E-state index >= 15 is 0 Å². The molecule has 2 heterocycles. The number of terminal acetylenes is 1. The molecule has 4 N–H and O–H groups in total. The van der Waals surface area contributed by atoms with Crippen LogP contribution in [0.3, 0.4) is 0 Å². The first kappa shape index (κ1) is 29.4. The first-order valence-corrected chi connectivity index (χ1v) is 13.4. The Morgan fingerprint density at radius 3 is 2.68 bits per heavy atom. The van der Waals surface area contributed by atoms with Crippen molar-refractivity contribution in [2.75, 3.05) is 6.61 Å². The van der Waals surface area contributed by atoms with Crippen LogP contribution in [0.5, 0.6) is 5.75 Å². The SMILES string of the molecule is C#C[C@@]1(O)[C@H](O)[C@@H](COP(=O)(N[C@@H](C)C(=O)O[C@H](C)CC)Oc2ccccc2)O[C@H]1N1C=CC(=O)NC1=C. The topological polar surface area (TPSA) is 156 Å². The predicted octanol–water partition coefficient (Wildman–Crippen LogP) is 1.38. The molecule has 0 aromatic heterocycles. The molecule has 0 radical (unpaired) electrons. The number of benzene rings is 1. The van der Waals surface area contributed by atoms with Crippen LogP contribution in [-0.4, -0.2) is 69.8 Å². The molecule has 1 aromatic carbocycles. The zero-order valence-corrected chi connectivity index (χ0v) is 22.2. The highest BCUT2D eigenvalue weighted by Gasteiger charge is 2.57. The molecule has 1 amide bonds. The number of carbonyl (C=O) groups excluding carboxylic acids is 2. The molecule has 1 fully saturated rings. The minimum atomic E-state index is -4.28. The molecule has 206 valence electrons. The number of nitrogens with one attached hydrogen (secondary N) is 2. The van der Waals surface area contributed by atoms with Crippen LogP contribution in [0.2, 0.25) is 0 Å². The quantitative estimate of drug-likeness (QED) is 0.180. The lowest BCUT2D eigenvalue weighted by Crippen LogP contribution is -2.54. The highest BCUT2D eigenvalue weighted by atomic mass is 31.2. The highest BCUT2D eigenvalue weighted by molar-refractivity contribution is 7.52. The maximum Gasteiger partial charge on any atom is 0.459 e. The number of para-hydroxylation sites is 1. The summed E-state index contributed by atoms with van der Waals surface area (Å²) in [6.07, 6.45) is 3.86. The van der Waals surface area contributed by atoms with E-state index in [-0.39, 0.29) is 17.7 Å². The number of hydrogen-bond donors (Lipinski definition) is 4. The third-order valence-corrected chi connectivity index (χ3v) is 7.55. The molecule has 12 nitrogen and oxygen atoms in total. The van der Waals surface area contributed by atoms with Crippen molar-refractivity contribution in [3.05, 3.63) is 55.0 Å².